The zero-order chi connectivity index (χ0) is 8.20. The molecule has 3 nitrogen and oxygen atoms in total. The summed E-state index contributed by atoms with van der Waals surface area (Å²) in [6, 6.07) is 0. The van der Waals surface area contributed by atoms with Crippen LogP contribution in [0.25, 0.3) is 0 Å². The smallest absolute Gasteiger partial charge is 0.302 e. The fourth-order valence-corrected chi connectivity index (χ4v) is 0.463. The van der Waals surface area contributed by atoms with Gasteiger partial charge in [0.1, 0.15) is 13.2 Å². The normalized spacial score (nSPS) is 10.2. The van der Waals surface area contributed by atoms with Crippen LogP contribution < -0.4 is 0 Å². The molecule has 0 aromatic heterocycles. The molecule has 0 fully saturated rings. The van der Waals surface area contributed by atoms with Gasteiger partial charge in [-0.1, -0.05) is 7.43 Å². The van der Waals surface area contributed by atoms with Gasteiger partial charge in [-0.15, -0.1) is 0 Å². The largest absolute Gasteiger partial charge is 0.460 e. The maximum Gasteiger partial charge on any atom is 0.302 e. The maximum atomic E-state index is 10.3. The van der Waals surface area contributed by atoms with E-state index in [0.717, 1.165) is 11.0 Å². The average Bonchev–Trinajstić information content (AvgIpc) is 1.59. The van der Waals surface area contributed by atoms with Crippen LogP contribution in [-0.2, 0) is 9.53 Å². The van der Waals surface area contributed by atoms with E-state index < -0.39 is 0 Å². The molecule has 3 heteroatoms. The Morgan fingerprint density at radius 1 is 1.36 bits per heavy atom. The molecule has 0 unspecified atom stereocenters. The van der Waals surface area contributed by atoms with Crippen molar-refractivity contribution in [3.8, 4) is 0 Å². The number of ether oxygens (including phenoxy) is 1. The maximum absolute atomic E-state index is 10.3. The van der Waals surface area contributed by atoms with Crippen LogP contribution in [-0.4, -0.2) is 44.7 Å². The molecule has 0 heterocycles. The summed E-state index contributed by atoms with van der Waals surface area (Å²) in [6.07, 6.45) is 0. The van der Waals surface area contributed by atoms with Crippen LogP contribution in [0.5, 0.6) is 0 Å². The standard InChI is InChI=1S/C7H16NO2.CH4/c1-7(9)10-6-5-8(2,3)4;/h5-6H2,1-4H3;1H4/q+1;. The zero-order valence-electron chi connectivity index (χ0n) is 7.18. The highest BCUT2D eigenvalue weighted by Gasteiger charge is 2.06. The van der Waals surface area contributed by atoms with Gasteiger partial charge in [-0.3, -0.25) is 4.79 Å². The van der Waals surface area contributed by atoms with E-state index in [1.165, 1.54) is 6.92 Å². The third-order valence-electron chi connectivity index (χ3n) is 1.07. The molecule has 0 spiro atoms. The first kappa shape index (κ1) is 13.1. The zero-order valence-corrected chi connectivity index (χ0v) is 7.18. The average molecular weight is 162 g/mol. The first-order valence-electron chi connectivity index (χ1n) is 3.35. The number of hydrogen-bond acceptors (Lipinski definition) is 2. The van der Waals surface area contributed by atoms with Crippen molar-refractivity contribution in [2.24, 2.45) is 0 Å². The lowest BCUT2D eigenvalue weighted by molar-refractivity contribution is -0.870. The molecule has 0 aliphatic heterocycles. The molecule has 0 aliphatic rings. The van der Waals surface area contributed by atoms with Crippen LogP contribution >= 0.6 is 0 Å². The minimum Gasteiger partial charge on any atom is -0.460 e. The Balaban J connectivity index is 0. The Morgan fingerprint density at radius 3 is 2.09 bits per heavy atom. The van der Waals surface area contributed by atoms with Gasteiger partial charge in [-0.25, -0.2) is 0 Å². The number of hydrogen-bond donors (Lipinski definition) is 0. The minimum atomic E-state index is -0.201. The van der Waals surface area contributed by atoms with Crippen LogP contribution in [0.4, 0.5) is 0 Å². The van der Waals surface area contributed by atoms with Crippen LogP contribution in [0, 0.1) is 0 Å². The number of carbonyl (C=O) groups is 1. The Labute approximate surface area is 69.5 Å². The van der Waals surface area contributed by atoms with Crippen LogP contribution in [0.2, 0.25) is 0 Å². The van der Waals surface area contributed by atoms with E-state index in [1.54, 1.807) is 0 Å². The van der Waals surface area contributed by atoms with E-state index in [9.17, 15) is 4.79 Å². The predicted octanol–water partition coefficient (Wildman–Crippen LogP) is 0.892. The monoisotopic (exact) mass is 162 g/mol. The van der Waals surface area contributed by atoms with E-state index in [-0.39, 0.29) is 13.4 Å². The van der Waals surface area contributed by atoms with E-state index >= 15 is 0 Å². The molecule has 68 valence electrons. The van der Waals surface area contributed by atoms with Gasteiger partial charge in [0.2, 0.25) is 0 Å². The molecule has 0 aliphatic carbocycles. The van der Waals surface area contributed by atoms with Crippen molar-refractivity contribution < 1.29 is 14.0 Å². The summed E-state index contributed by atoms with van der Waals surface area (Å²) in [7, 11) is 6.18. The van der Waals surface area contributed by atoms with Crippen molar-refractivity contribution in [2.45, 2.75) is 14.4 Å². The van der Waals surface area contributed by atoms with Crippen LogP contribution in [0.3, 0.4) is 0 Å². The lowest BCUT2D eigenvalue weighted by Gasteiger charge is -2.23. The summed E-state index contributed by atoms with van der Waals surface area (Å²) in [5.41, 5.74) is 0. The van der Waals surface area contributed by atoms with Crippen LogP contribution in [0.1, 0.15) is 14.4 Å². The summed E-state index contributed by atoms with van der Waals surface area (Å²) in [6.45, 7) is 2.80. The number of quaternary nitrogens is 1. The van der Waals surface area contributed by atoms with Crippen molar-refractivity contribution in [3.05, 3.63) is 0 Å². The van der Waals surface area contributed by atoms with Gasteiger partial charge in [-0.2, -0.15) is 0 Å². The van der Waals surface area contributed by atoms with Crippen molar-refractivity contribution in [1.82, 2.24) is 0 Å². The van der Waals surface area contributed by atoms with Gasteiger partial charge in [0, 0.05) is 6.92 Å². The Hall–Kier alpha value is -0.570. The summed E-state index contributed by atoms with van der Waals surface area (Å²) >= 11 is 0. The highest BCUT2D eigenvalue weighted by molar-refractivity contribution is 5.65. The molecule has 0 aromatic carbocycles. The Kier molecular flexibility index (Phi) is 6.09. The summed E-state index contributed by atoms with van der Waals surface area (Å²) in [4.78, 5) is 10.3. The van der Waals surface area contributed by atoms with Gasteiger partial charge in [0.15, 0.2) is 0 Å². The lowest BCUT2D eigenvalue weighted by atomic mass is 10.5. The van der Waals surface area contributed by atoms with E-state index in [0.29, 0.717) is 6.61 Å². The summed E-state index contributed by atoms with van der Waals surface area (Å²) in [5.74, 6) is -0.201. The Bertz CT molecular complexity index is 116. The highest BCUT2D eigenvalue weighted by atomic mass is 16.5. The van der Waals surface area contributed by atoms with Crippen molar-refractivity contribution in [2.75, 3.05) is 34.3 Å². The number of esters is 1. The summed E-state index contributed by atoms with van der Waals surface area (Å²) < 4.78 is 5.59. The second-order valence-electron chi connectivity index (χ2n) is 3.35. The lowest BCUT2D eigenvalue weighted by Crippen LogP contribution is -2.37. The van der Waals surface area contributed by atoms with Gasteiger partial charge < -0.3 is 9.22 Å². The molecule has 0 rings (SSSR count). The summed E-state index contributed by atoms with van der Waals surface area (Å²) in [5, 5.41) is 0. The number of nitrogens with zero attached hydrogens (tertiary/aromatic N) is 1. The number of likely N-dealkylation sites (N-methyl/N-ethyl adjacent to an activating group) is 1. The van der Waals surface area contributed by atoms with E-state index in [2.05, 4.69) is 21.1 Å². The molecule has 0 bridgehead atoms. The molecule has 0 aromatic rings. The van der Waals surface area contributed by atoms with Crippen LogP contribution in [0.15, 0.2) is 0 Å². The first-order valence-corrected chi connectivity index (χ1v) is 3.35. The molecule has 11 heavy (non-hydrogen) atoms. The van der Waals surface area contributed by atoms with Crippen molar-refractivity contribution in [1.29, 1.82) is 0 Å². The molecule has 0 saturated carbocycles. The fourth-order valence-electron chi connectivity index (χ4n) is 0.463. The topological polar surface area (TPSA) is 26.3 Å². The van der Waals surface area contributed by atoms with Crippen molar-refractivity contribution >= 4 is 5.97 Å². The molecule has 0 N–H and O–H groups in total. The van der Waals surface area contributed by atoms with Gasteiger partial charge in [0.25, 0.3) is 0 Å². The number of carbonyl (C=O) groups excluding carboxylic acids is 1. The molecule has 0 saturated heterocycles. The quantitative estimate of drug-likeness (QED) is 0.455. The van der Waals surface area contributed by atoms with Gasteiger partial charge in [0.05, 0.1) is 21.1 Å². The van der Waals surface area contributed by atoms with Gasteiger partial charge in [-0.05, 0) is 0 Å². The van der Waals surface area contributed by atoms with Crippen molar-refractivity contribution in [3.63, 3.8) is 0 Å². The fraction of sp³-hybridized carbons (Fsp3) is 0.875. The molecule has 0 atom stereocenters. The molecule has 0 amide bonds. The third-order valence-corrected chi connectivity index (χ3v) is 1.07. The van der Waals surface area contributed by atoms with E-state index in [4.69, 9.17) is 4.74 Å². The molecular weight excluding hydrogens is 142 g/mol. The minimum absolute atomic E-state index is 0. The van der Waals surface area contributed by atoms with E-state index in [1.807, 2.05) is 0 Å². The second-order valence-corrected chi connectivity index (χ2v) is 3.35. The van der Waals surface area contributed by atoms with Gasteiger partial charge >= 0.3 is 5.97 Å². The highest BCUT2D eigenvalue weighted by Crippen LogP contribution is 1.88. The third kappa shape index (κ3) is 12.6. The number of rotatable bonds is 3. The molecule has 0 radical (unpaired) electrons. The first-order chi connectivity index (χ1) is 4.42. The second kappa shape index (κ2) is 5.13. The predicted molar refractivity (Wildman–Crippen MR) is 46.3 cm³/mol. The SMILES string of the molecule is C.CC(=O)OCC[N+](C)(C)C. The molecular formula is C8H20NO2+. The Morgan fingerprint density at radius 2 is 1.82 bits per heavy atom.